The van der Waals surface area contributed by atoms with Crippen molar-refractivity contribution in [2.24, 2.45) is 5.73 Å². The van der Waals surface area contributed by atoms with Crippen LogP contribution in [0.3, 0.4) is 0 Å². The molecule has 3 N–H and O–H groups in total. The normalized spacial score (nSPS) is 15.1. The van der Waals surface area contributed by atoms with E-state index >= 15 is 0 Å². The van der Waals surface area contributed by atoms with E-state index < -0.39 is 0 Å². The van der Waals surface area contributed by atoms with Gasteiger partial charge in [-0.1, -0.05) is 18.2 Å². The molecule has 2 rings (SSSR count). The summed E-state index contributed by atoms with van der Waals surface area (Å²) in [4.78, 5) is 27.0. The summed E-state index contributed by atoms with van der Waals surface area (Å²) in [6.45, 7) is 2.90. The Labute approximate surface area is 118 Å². The van der Waals surface area contributed by atoms with Crippen LogP contribution in [0, 0.1) is 0 Å². The second-order valence-electron chi connectivity index (χ2n) is 4.68. The summed E-state index contributed by atoms with van der Waals surface area (Å²) < 4.78 is 0. The van der Waals surface area contributed by atoms with Gasteiger partial charge in [0.25, 0.3) is 0 Å². The number of hydrogen-bond acceptors (Lipinski definition) is 4. The molecule has 1 saturated heterocycles. The highest BCUT2D eigenvalue weighted by molar-refractivity contribution is 5.85. The molecule has 1 aromatic rings. The number of nitrogens with zero attached hydrogens (tertiary/aromatic N) is 2. The molecule has 1 aliphatic rings. The minimum Gasteiger partial charge on any atom is -0.368 e. The maximum absolute atomic E-state index is 11.9. The summed E-state index contributed by atoms with van der Waals surface area (Å²) in [6.07, 6.45) is 0. The topological polar surface area (TPSA) is 78.7 Å². The van der Waals surface area contributed by atoms with Gasteiger partial charge >= 0.3 is 0 Å². The van der Waals surface area contributed by atoms with Crippen LogP contribution in [0.15, 0.2) is 30.3 Å². The van der Waals surface area contributed by atoms with Gasteiger partial charge in [0.1, 0.15) is 0 Å². The summed E-state index contributed by atoms with van der Waals surface area (Å²) in [5.74, 6) is -0.360. The van der Waals surface area contributed by atoms with Gasteiger partial charge in [0.05, 0.1) is 13.1 Å². The molecule has 108 valence electrons. The second kappa shape index (κ2) is 6.91. The number of nitrogens with one attached hydrogen (secondary N) is 1. The first-order chi connectivity index (χ1) is 9.70. The number of carbonyl (C=O) groups excluding carboxylic acids is 2. The molecule has 2 amide bonds. The average Bonchev–Trinajstić information content (AvgIpc) is 2.53. The van der Waals surface area contributed by atoms with Gasteiger partial charge in [-0.05, 0) is 12.1 Å². The summed E-state index contributed by atoms with van der Waals surface area (Å²) in [6, 6.07) is 10.1. The van der Waals surface area contributed by atoms with E-state index in [4.69, 9.17) is 5.73 Å². The van der Waals surface area contributed by atoms with Crippen LogP contribution < -0.4 is 16.0 Å². The van der Waals surface area contributed by atoms with Crippen LogP contribution in [0.1, 0.15) is 0 Å². The van der Waals surface area contributed by atoms with Crippen LogP contribution in [-0.2, 0) is 9.59 Å². The Morgan fingerprint density at radius 3 is 2.35 bits per heavy atom. The molecular weight excluding hydrogens is 256 g/mol. The van der Waals surface area contributed by atoms with Crippen molar-refractivity contribution in [1.29, 1.82) is 0 Å². The second-order valence-corrected chi connectivity index (χ2v) is 4.68. The highest BCUT2D eigenvalue weighted by atomic mass is 16.2. The van der Waals surface area contributed by atoms with Crippen molar-refractivity contribution in [1.82, 2.24) is 10.2 Å². The highest BCUT2D eigenvalue weighted by Gasteiger charge is 2.21. The van der Waals surface area contributed by atoms with Crippen LogP contribution in [-0.4, -0.2) is 56.0 Å². The number of piperazine rings is 1. The van der Waals surface area contributed by atoms with Crippen LogP contribution in [0.5, 0.6) is 0 Å². The number of rotatable bonds is 4. The van der Waals surface area contributed by atoms with Crippen molar-refractivity contribution in [3.05, 3.63) is 30.3 Å². The standard InChI is InChI=1S/C14H20N4O2/c15-10-13(19)16-11-14(20)18-8-6-17(7-9-18)12-4-2-1-3-5-12/h1-5H,6-11,15H2,(H,16,19). The number of carbonyl (C=O) groups is 2. The summed E-state index contributed by atoms with van der Waals surface area (Å²) in [5.41, 5.74) is 6.35. The summed E-state index contributed by atoms with van der Waals surface area (Å²) in [7, 11) is 0. The fraction of sp³-hybridized carbons (Fsp3) is 0.429. The number of amides is 2. The minimum atomic E-state index is -0.304. The SMILES string of the molecule is NCC(=O)NCC(=O)N1CCN(c2ccccc2)CC1. The fourth-order valence-corrected chi connectivity index (χ4v) is 2.21. The first-order valence-electron chi connectivity index (χ1n) is 6.75. The van der Waals surface area contributed by atoms with Crippen molar-refractivity contribution >= 4 is 17.5 Å². The number of benzene rings is 1. The number of para-hydroxylation sites is 1. The zero-order chi connectivity index (χ0) is 14.4. The van der Waals surface area contributed by atoms with Gasteiger partial charge in [0, 0.05) is 31.9 Å². The molecule has 6 nitrogen and oxygen atoms in total. The lowest BCUT2D eigenvalue weighted by Gasteiger charge is -2.36. The Hall–Kier alpha value is -2.08. The van der Waals surface area contributed by atoms with E-state index in [0.29, 0.717) is 13.1 Å². The van der Waals surface area contributed by atoms with E-state index in [1.165, 1.54) is 5.69 Å². The first kappa shape index (κ1) is 14.3. The van der Waals surface area contributed by atoms with E-state index in [1.54, 1.807) is 4.90 Å². The Bertz CT molecular complexity index is 456. The van der Waals surface area contributed by atoms with Crippen molar-refractivity contribution < 1.29 is 9.59 Å². The largest absolute Gasteiger partial charge is 0.368 e. The van der Waals surface area contributed by atoms with Crippen LogP contribution in [0.4, 0.5) is 5.69 Å². The molecule has 1 aliphatic heterocycles. The van der Waals surface area contributed by atoms with Crippen molar-refractivity contribution in [3.8, 4) is 0 Å². The Morgan fingerprint density at radius 1 is 1.10 bits per heavy atom. The van der Waals surface area contributed by atoms with E-state index in [0.717, 1.165) is 13.1 Å². The van der Waals surface area contributed by atoms with E-state index in [-0.39, 0.29) is 24.9 Å². The molecule has 0 unspecified atom stereocenters. The quantitative estimate of drug-likeness (QED) is 0.770. The van der Waals surface area contributed by atoms with Crippen molar-refractivity contribution in [2.45, 2.75) is 0 Å². The monoisotopic (exact) mass is 276 g/mol. The highest BCUT2D eigenvalue weighted by Crippen LogP contribution is 2.15. The van der Waals surface area contributed by atoms with Gasteiger partial charge in [0.15, 0.2) is 0 Å². The smallest absolute Gasteiger partial charge is 0.242 e. The number of anilines is 1. The predicted molar refractivity (Wildman–Crippen MR) is 77.3 cm³/mol. The third kappa shape index (κ3) is 3.71. The van der Waals surface area contributed by atoms with Gasteiger partial charge < -0.3 is 20.9 Å². The van der Waals surface area contributed by atoms with Crippen molar-refractivity contribution in [2.75, 3.05) is 44.2 Å². The van der Waals surface area contributed by atoms with Crippen LogP contribution in [0.25, 0.3) is 0 Å². The zero-order valence-electron chi connectivity index (χ0n) is 11.4. The first-order valence-corrected chi connectivity index (χ1v) is 6.75. The molecule has 1 heterocycles. The molecule has 1 aromatic carbocycles. The molecule has 20 heavy (non-hydrogen) atoms. The van der Waals surface area contributed by atoms with E-state index in [9.17, 15) is 9.59 Å². The third-order valence-electron chi connectivity index (χ3n) is 3.38. The molecule has 0 aliphatic carbocycles. The molecule has 1 fully saturated rings. The van der Waals surface area contributed by atoms with Gasteiger partial charge in [-0.25, -0.2) is 0 Å². The fourth-order valence-electron chi connectivity index (χ4n) is 2.21. The Morgan fingerprint density at radius 2 is 1.75 bits per heavy atom. The summed E-state index contributed by atoms with van der Waals surface area (Å²) >= 11 is 0. The van der Waals surface area contributed by atoms with Gasteiger partial charge in [-0.2, -0.15) is 0 Å². The van der Waals surface area contributed by atoms with E-state index in [1.807, 2.05) is 18.2 Å². The Balaban J connectivity index is 1.79. The molecule has 0 atom stereocenters. The Kier molecular flexibility index (Phi) is 4.95. The van der Waals surface area contributed by atoms with E-state index in [2.05, 4.69) is 22.3 Å². The average molecular weight is 276 g/mol. The molecule has 0 saturated carbocycles. The maximum Gasteiger partial charge on any atom is 0.242 e. The number of hydrogen-bond donors (Lipinski definition) is 2. The summed E-state index contributed by atoms with van der Waals surface area (Å²) in [5, 5.41) is 2.50. The van der Waals surface area contributed by atoms with Gasteiger partial charge in [-0.3, -0.25) is 9.59 Å². The van der Waals surface area contributed by atoms with Crippen molar-refractivity contribution in [3.63, 3.8) is 0 Å². The lowest BCUT2D eigenvalue weighted by molar-refractivity contribution is -0.132. The molecule has 0 bridgehead atoms. The lowest BCUT2D eigenvalue weighted by atomic mass is 10.2. The van der Waals surface area contributed by atoms with Gasteiger partial charge in [0.2, 0.25) is 11.8 Å². The predicted octanol–water partition coefficient (Wildman–Crippen LogP) is -0.590. The molecular formula is C14H20N4O2. The van der Waals surface area contributed by atoms with Gasteiger partial charge in [-0.15, -0.1) is 0 Å². The molecule has 6 heteroatoms. The van der Waals surface area contributed by atoms with Crippen LogP contribution >= 0.6 is 0 Å². The van der Waals surface area contributed by atoms with Crippen LogP contribution in [0.2, 0.25) is 0 Å². The third-order valence-corrected chi connectivity index (χ3v) is 3.38. The zero-order valence-corrected chi connectivity index (χ0v) is 11.4. The molecule has 0 radical (unpaired) electrons. The minimum absolute atomic E-state index is 0.0291. The number of nitrogens with two attached hydrogens (primary N) is 1. The molecule has 0 aromatic heterocycles. The molecule has 0 spiro atoms. The maximum atomic E-state index is 11.9. The lowest BCUT2D eigenvalue weighted by Crippen LogP contribution is -2.51.